The van der Waals surface area contributed by atoms with Crippen LogP contribution in [0, 0.1) is 6.92 Å². The molecule has 0 aliphatic carbocycles. The highest BCUT2D eigenvalue weighted by Gasteiger charge is 2.46. The number of halogens is 2. The summed E-state index contributed by atoms with van der Waals surface area (Å²) in [5.74, 6) is -4.97. The second-order valence-corrected chi connectivity index (χ2v) is 6.56. The second kappa shape index (κ2) is 6.88. The number of aryl methyl sites for hydroxylation is 1. The molecule has 1 aliphatic rings. The maximum absolute atomic E-state index is 14.6. The van der Waals surface area contributed by atoms with E-state index in [-0.39, 0.29) is 12.0 Å². The van der Waals surface area contributed by atoms with Gasteiger partial charge in [0.05, 0.1) is 0 Å². The number of pyridine rings is 1. The van der Waals surface area contributed by atoms with E-state index in [4.69, 9.17) is 0 Å². The lowest BCUT2D eigenvalue weighted by molar-refractivity contribution is -0.148. The summed E-state index contributed by atoms with van der Waals surface area (Å²) >= 11 is 0. The van der Waals surface area contributed by atoms with Crippen molar-refractivity contribution in [3.05, 3.63) is 65.5 Å². The molecule has 0 radical (unpaired) electrons. The van der Waals surface area contributed by atoms with Crippen LogP contribution in [-0.2, 0) is 10.7 Å². The Hall–Kier alpha value is -2.34. The molecule has 0 bridgehead atoms. The Morgan fingerprint density at radius 1 is 1.20 bits per heavy atom. The van der Waals surface area contributed by atoms with E-state index in [1.807, 2.05) is 42.3 Å². The van der Waals surface area contributed by atoms with Gasteiger partial charge in [0.15, 0.2) is 0 Å². The molecule has 0 unspecified atom stereocenters. The maximum Gasteiger partial charge on any atom is 0.366 e. The number of likely N-dealkylation sites (N-methyl/N-ethyl adjacent to an activating group) is 1. The summed E-state index contributed by atoms with van der Waals surface area (Å²) in [5, 5.41) is 2.55. The van der Waals surface area contributed by atoms with Crippen LogP contribution in [0.1, 0.15) is 22.7 Å². The Kier molecular flexibility index (Phi) is 4.81. The van der Waals surface area contributed by atoms with E-state index in [1.165, 1.54) is 19.2 Å². The van der Waals surface area contributed by atoms with Crippen LogP contribution >= 0.6 is 0 Å². The molecule has 4 nitrogen and oxygen atoms in total. The predicted molar refractivity (Wildman–Crippen MR) is 91.5 cm³/mol. The van der Waals surface area contributed by atoms with Crippen LogP contribution < -0.4 is 5.32 Å². The van der Waals surface area contributed by atoms with E-state index in [0.717, 1.165) is 5.56 Å². The zero-order valence-corrected chi connectivity index (χ0v) is 14.2. The van der Waals surface area contributed by atoms with Crippen molar-refractivity contribution >= 4 is 5.91 Å². The number of nitrogens with zero attached hydrogens (tertiary/aromatic N) is 2. The zero-order valence-electron chi connectivity index (χ0n) is 14.2. The molecule has 0 saturated carbocycles. The summed E-state index contributed by atoms with van der Waals surface area (Å²) < 4.78 is 29.2. The lowest BCUT2D eigenvalue weighted by Gasteiger charge is -2.24. The van der Waals surface area contributed by atoms with Crippen molar-refractivity contribution in [3.8, 4) is 0 Å². The van der Waals surface area contributed by atoms with E-state index in [0.29, 0.717) is 18.7 Å². The molecule has 1 amide bonds. The third-order valence-electron chi connectivity index (χ3n) is 4.64. The normalized spacial score (nSPS) is 21.3. The monoisotopic (exact) mass is 345 g/mol. The van der Waals surface area contributed by atoms with Gasteiger partial charge in [0.2, 0.25) is 0 Å². The minimum absolute atomic E-state index is 0.0178. The maximum atomic E-state index is 14.6. The van der Waals surface area contributed by atoms with Crippen LogP contribution in [0.2, 0.25) is 0 Å². The number of benzene rings is 1. The van der Waals surface area contributed by atoms with Crippen molar-refractivity contribution in [2.24, 2.45) is 0 Å². The highest BCUT2D eigenvalue weighted by molar-refractivity contribution is 5.85. The van der Waals surface area contributed by atoms with Crippen LogP contribution in [0.3, 0.4) is 0 Å². The van der Waals surface area contributed by atoms with E-state index in [9.17, 15) is 13.6 Å². The number of hydrogen-bond donors (Lipinski definition) is 1. The Morgan fingerprint density at radius 2 is 1.92 bits per heavy atom. The number of amides is 1. The highest BCUT2D eigenvalue weighted by atomic mass is 19.3. The van der Waals surface area contributed by atoms with Crippen molar-refractivity contribution in [1.29, 1.82) is 0 Å². The van der Waals surface area contributed by atoms with E-state index < -0.39 is 17.5 Å². The van der Waals surface area contributed by atoms with E-state index >= 15 is 0 Å². The first-order chi connectivity index (χ1) is 11.9. The Labute approximate surface area is 145 Å². The van der Waals surface area contributed by atoms with Gasteiger partial charge in [-0.05, 0) is 31.2 Å². The number of hydrogen-bond acceptors (Lipinski definition) is 3. The Bertz CT molecular complexity index is 751. The average molecular weight is 345 g/mol. The summed E-state index contributed by atoms with van der Waals surface area (Å²) in [6, 6.07) is 12.4. The van der Waals surface area contributed by atoms with Crippen LogP contribution in [-0.4, -0.2) is 42.0 Å². The minimum Gasteiger partial charge on any atom is -0.346 e. The quantitative estimate of drug-likeness (QED) is 0.927. The lowest BCUT2D eigenvalue weighted by atomic mass is 9.94. The van der Waals surface area contributed by atoms with Crippen LogP contribution in [0.5, 0.6) is 0 Å². The molecule has 1 aromatic heterocycles. The van der Waals surface area contributed by atoms with E-state index in [2.05, 4.69) is 10.3 Å². The van der Waals surface area contributed by atoms with Gasteiger partial charge < -0.3 is 10.2 Å². The Balaban J connectivity index is 1.80. The van der Waals surface area contributed by atoms with Crippen molar-refractivity contribution in [2.75, 3.05) is 20.1 Å². The van der Waals surface area contributed by atoms with Gasteiger partial charge in [0, 0.05) is 31.2 Å². The van der Waals surface area contributed by atoms with Crippen LogP contribution in [0.15, 0.2) is 48.7 Å². The first-order valence-corrected chi connectivity index (χ1v) is 8.24. The Morgan fingerprint density at radius 3 is 2.60 bits per heavy atom. The summed E-state index contributed by atoms with van der Waals surface area (Å²) in [6.45, 7) is 2.77. The number of likely N-dealkylation sites (tertiary alicyclic amines) is 1. The average Bonchev–Trinajstić information content (AvgIpc) is 2.96. The first-order valence-electron chi connectivity index (χ1n) is 8.24. The van der Waals surface area contributed by atoms with Crippen molar-refractivity contribution in [1.82, 2.24) is 15.2 Å². The smallest absolute Gasteiger partial charge is 0.346 e. The SMILES string of the molecule is Cc1cccnc1C(F)(F)C(=O)N[C@@H]1CN(C)C[C@@H]1c1ccccc1. The van der Waals surface area contributed by atoms with Gasteiger partial charge in [-0.25, -0.2) is 0 Å². The van der Waals surface area contributed by atoms with Gasteiger partial charge >= 0.3 is 5.92 Å². The molecule has 3 rings (SSSR count). The van der Waals surface area contributed by atoms with Gasteiger partial charge in [-0.1, -0.05) is 36.4 Å². The molecule has 25 heavy (non-hydrogen) atoms. The molecule has 132 valence electrons. The molecule has 2 heterocycles. The second-order valence-electron chi connectivity index (χ2n) is 6.56. The summed E-state index contributed by atoms with van der Waals surface area (Å²) in [6.07, 6.45) is 1.28. The summed E-state index contributed by atoms with van der Waals surface area (Å²) in [7, 11) is 1.92. The van der Waals surface area contributed by atoms with E-state index in [1.54, 1.807) is 6.07 Å². The fourth-order valence-corrected chi connectivity index (χ4v) is 3.37. The molecule has 1 aromatic carbocycles. The molecule has 1 N–H and O–H groups in total. The van der Waals surface area contributed by atoms with Gasteiger partial charge in [0.1, 0.15) is 5.69 Å². The number of rotatable bonds is 4. The molecule has 1 saturated heterocycles. The lowest BCUT2D eigenvalue weighted by Crippen LogP contribution is -2.47. The van der Waals surface area contributed by atoms with Crippen molar-refractivity contribution in [2.45, 2.75) is 24.8 Å². The fraction of sp³-hybridized carbons (Fsp3) is 0.368. The molecular formula is C19H21F2N3O. The van der Waals surface area contributed by atoms with Gasteiger partial charge in [-0.2, -0.15) is 8.78 Å². The largest absolute Gasteiger partial charge is 0.366 e. The number of carbonyl (C=O) groups is 1. The molecule has 1 aliphatic heterocycles. The van der Waals surface area contributed by atoms with Gasteiger partial charge in [-0.3, -0.25) is 9.78 Å². The summed E-state index contributed by atoms with van der Waals surface area (Å²) in [5.41, 5.74) is 0.843. The number of carbonyl (C=O) groups excluding carboxylic acids is 1. The van der Waals surface area contributed by atoms with Gasteiger partial charge in [-0.15, -0.1) is 0 Å². The molecule has 2 atom stereocenters. The van der Waals surface area contributed by atoms with Crippen molar-refractivity contribution < 1.29 is 13.6 Å². The third kappa shape index (κ3) is 3.54. The topological polar surface area (TPSA) is 45.2 Å². The van der Waals surface area contributed by atoms with Crippen LogP contribution in [0.4, 0.5) is 8.78 Å². The molecule has 0 spiro atoms. The molecule has 1 fully saturated rings. The van der Waals surface area contributed by atoms with Crippen molar-refractivity contribution in [3.63, 3.8) is 0 Å². The minimum atomic E-state index is -3.66. The third-order valence-corrected chi connectivity index (χ3v) is 4.64. The predicted octanol–water partition coefficient (Wildman–Crippen LogP) is 2.70. The standard InChI is InChI=1S/C19H21F2N3O/c1-13-7-6-10-22-17(13)19(20,21)18(25)23-16-12-24(2)11-15(16)14-8-4-3-5-9-14/h3-10,15-16H,11-12H2,1-2H3,(H,23,25)/t15-,16-/m1/s1. The number of alkyl halides is 2. The van der Waals surface area contributed by atoms with Gasteiger partial charge in [0.25, 0.3) is 5.91 Å². The number of nitrogens with one attached hydrogen (secondary N) is 1. The summed E-state index contributed by atoms with van der Waals surface area (Å²) in [4.78, 5) is 18.1. The highest BCUT2D eigenvalue weighted by Crippen LogP contribution is 2.31. The number of aromatic nitrogens is 1. The van der Waals surface area contributed by atoms with Crippen LogP contribution in [0.25, 0.3) is 0 Å². The molecular weight excluding hydrogens is 324 g/mol. The zero-order chi connectivity index (χ0) is 18.0. The molecule has 2 aromatic rings. The molecule has 6 heteroatoms. The first kappa shape index (κ1) is 17.5. The fourth-order valence-electron chi connectivity index (χ4n) is 3.37.